The van der Waals surface area contributed by atoms with Gasteiger partial charge in [-0.25, -0.2) is 0 Å². The normalized spacial score (nSPS) is 10.8. The molecule has 25 heavy (non-hydrogen) atoms. The minimum atomic E-state index is 0.578. The molecule has 0 fully saturated rings. The molecule has 1 aromatic heterocycles. The lowest BCUT2D eigenvalue weighted by Crippen LogP contribution is -1.99. The van der Waals surface area contributed by atoms with Crippen molar-refractivity contribution >= 4 is 22.8 Å². The second-order valence-corrected chi connectivity index (χ2v) is 5.10. The van der Waals surface area contributed by atoms with Crippen LogP contribution in [0.4, 0.5) is 5.82 Å². The van der Waals surface area contributed by atoms with Crippen LogP contribution < -0.4 is 19.6 Å². The van der Waals surface area contributed by atoms with Crippen LogP contribution in [0.25, 0.3) is 10.8 Å². The highest BCUT2D eigenvalue weighted by Crippen LogP contribution is 2.33. The van der Waals surface area contributed by atoms with Crippen LogP contribution in [0.2, 0.25) is 0 Å². The number of hydrogen-bond donors (Lipinski definition) is 1. The van der Waals surface area contributed by atoms with E-state index in [1.165, 1.54) is 0 Å². The summed E-state index contributed by atoms with van der Waals surface area (Å²) in [5.41, 5.74) is 3.66. The maximum absolute atomic E-state index is 5.38. The van der Waals surface area contributed by atoms with E-state index in [4.69, 9.17) is 14.2 Å². The number of fused-ring (bicyclic) bond motifs is 1. The first-order valence-corrected chi connectivity index (χ1v) is 7.56. The lowest BCUT2D eigenvalue weighted by molar-refractivity contribution is 0.349. The van der Waals surface area contributed by atoms with Crippen LogP contribution in [0.1, 0.15) is 5.56 Å². The van der Waals surface area contributed by atoms with Crippen LogP contribution in [0, 0.1) is 0 Å². The minimum absolute atomic E-state index is 0.578. The first kappa shape index (κ1) is 16.5. The van der Waals surface area contributed by atoms with Crippen molar-refractivity contribution in [2.45, 2.75) is 0 Å². The Bertz CT molecular complexity index is 907. The molecule has 0 radical (unpaired) electrons. The van der Waals surface area contributed by atoms with E-state index in [1.807, 2.05) is 24.3 Å². The maximum atomic E-state index is 5.38. The van der Waals surface area contributed by atoms with E-state index in [-0.39, 0.29) is 0 Å². The number of nitrogens with zero attached hydrogens (tertiary/aromatic N) is 3. The molecule has 0 saturated heterocycles. The van der Waals surface area contributed by atoms with Crippen molar-refractivity contribution in [2.75, 3.05) is 26.8 Å². The summed E-state index contributed by atoms with van der Waals surface area (Å²) in [6, 6.07) is 11.4. The Balaban J connectivity index is 1.89. The predicted molar refractivity (Wildman–Crippen MR) is 96.9 cm³/mol. The van der Waals surface area contributed by atoms with E-state index < -0.39 is 0 Å². The zero-order valence-electron chi connectivity index (χ0n) is 14.2. The molecule has 1 heterocycles. The van der Waals surface area contributed by atoms with Crippen LogP contribution in [-0.2, 0) is 0 Å². The van der Waals surface area contributed by atoms with E-state index in [9.17, 15) is 0 Å². The Kier molecular flexibility index (Phi) is 4.94. The third-order valence-electron chi connectivity index (χ3n) is 3.68. The summed E-state index contributed by atoms with van der Waals surface area (Å²) in [5, 5.41) is 14.2. The van der Waals surface area contributed by atoms with E-state index in [1.54, 1.807) is 45.9 Å². The van der Waals surface area contributed by atoms with Gasteiger partial charge in [-0.15, -0.1) is 5.10 Å². The van der Waals surface area contributed by atoms with Crippen molar-refractivity contribution < 1.29 is 14.2 Å². The van der Waals surface area contributed by atoms with Crippen LogP contribution >= 0.6 is 0 Å². The molecule has 0 amide bonds. The van der Waals surface area contributed by atoms with Gasteiger partial charge in [-0.3, -0.25) is 5.43 Å². The molecule has 0 aliphatic heterocycles. The Morgan fingerprint density at radius 2 is 1.68 bits per heavy atom. The zero-order valence-corrected chi connectivity index (χ0v) is 14.2. The van der Waals surface area contributed by atoms with Crippen molar-refractivity contribution in [1.29, 1.82) is 0 Å². The van der Waals surface area contributed by atoms with Crippen LogP contribution in [0.15, 0.2) is 47.7 Å². The number of rotatable bonds is 6. The molecule has 3 rings (SSSR count). The van der Waals surface area contributed by atoms with Gasteiger partial charge < -0.3 is 14.2 Å². The van der Waals surface area contributed by atoms with Gasteiger partial charge in [0.15, 0.2) is 17.3 Å². The van der Waals surface area contributed by atoms with Gasteiger partial charge >= 0.3 is 0 Å². The number of hydrazone groups is 1. The molecule has 0 atom stereocenters. The van der Waals surface area contributed by atoms with Crippen LogP contribution in [-0.4, -0.2) is 37.7 Å². The van der Waals surface area contributed by atoms with Crippen molar-refractivity contribution in [1.82, 2.24) is 10.2 Å². The number of benzene rings is 2. The molecule has 7 heteroatoms. The summed E-state index contributed by atoms with van der Waals surface area (Å²) in [5.74, 6) is 2.38. The largest absolute Gasteiger partial charge is 0.496 e. The lowest BCUT2D eigenvalue weighted by Gasteiger charge is -2.11. The van der Waals surface area contributed by atoms with E-state index in [0.29, 0.717) is 23.1 Å². The van der Waals surface area contributed by atoms with Crippen molar-refractivity contribution in [3.05, 3.63) is 48.2 Å². The zero-order chi connectivity index (χ0) is 17.6. The molecule has 0 aliphatic rings. The molecule has 0 unspecified atom stereocenters. The first-order valence-electron chi connectivity index (χ1n) is 7.56. The van der Waals surface area contributed by atoms with E-state index >= 15 is 0 Å². The second kappa shape index (κ2) is 7.48. The Hall–Kier alpha value is -3.35. The Morgan fingerprint density at radius 3 is 2.44 bits per heavy atom. The summed E-state index contributed by atoms with van der Waals surface area (Å²) in [4.78, 5) is 0. The highest BCUT2D eigenvalue weighted by Gasteiger charge is 2.10. The van der Waals surface area contributed by atoms with E-state index in [0.717, 1.165) is 16.3 Å². The fraction of sp³-hybridized carbons (Fsp3) is 0.167. The number of aromatic nitrogens is 2. The first-order chi connectivity index (χ1) is 12.3. The van der Waals surface area contributed by atoms with Crippen molar-refractivity contribution in [3.63, 3.8) is 0 Å². The van der Waals surface area contributed by atoms with Gasteiger partial charge in [0, 0.05) is 22.4 Å². The maximum Gasteiger partial charge on any atom is 0.176 e. The van der Waals surface area contributed by atoms with E-state index in [2.05, 4.69) is 20.7 Å². The average Bonchev–Trinajstić information content (AvgIpc) is 2.67. The Morgan fingerprint density at radius 1 is 0.960 bits per heavy atom. The predicted octanol–water partition coefficient (Wildman–Crippen LogP) is 3.10. The fourth-order valence-corrected chi connectivity index (χ4v) is 2.43. The molecule has 0 spiro atoms. The van der Waals surface area contributed by atoms with Gasteiger partial charge in [0.2, 0.25) is 0 Å². The summed E-state index contributed by atoms with van der Waals surface area (Å²) in [6.45, 7) is 0. The van der Waals surface area contributed by atoms with Crippen molar-refractivity contribution in [2.24, 2.45) is 5.10 Å². The number of ether oxygens (including phenoxy) is 3. The minimum Gasteiger partial charge on any atom is -0.496 e. The molecule has 1 N–H and O–H groups in total. The standard InChI is InChI=1S/C18H18N4O3/c1-23-15-9-17(25-3)16(24-2)8-13(15)11-20-22-18-14-7-5-4-6-12(14)10-19-21-18/h4-11H,1-3H3,(H,21,22). The monoisotopic (exact) mass is 338 g/mol. The number of nitrogens with one attached hydrogen (secondary N) is 1. The van der Waals surface area contributed by atoms with Crippen LogP contribution in [0.5, 0.6) is 17.2 Å². The summed E-state index contributed by atoms with van der Waals surface area (Å²) in [6.07, 6.45) is 3.34. The molecule has 0 bridgehead atoms. The topological polar surface area (TPSA) is 77.9 Å². The van der Waals surface area contributed by atoms with Gasteiger partial charge in [0.05, 0.1) is 33.7 Å². The molecule has 0 saturated carbocycles. The number of methoxy groups -OCH3 is 3. The smallest absolute Gasteiger partial charge is 0.176 e. The Labute approximate surface area is 145 Å². The SMILES string of the molecule is COc1cc(OC)c(OC)cc1C=NNc1nncc2ccccc12. The highest BCUT2D eigenvalue weighted by molar-refractivity contribution is 5.91. The van der Waals surface area contributed by atoms with Crippen LogP contribution in [0.3, 0.4) is 0 Å². The van der Waals surface area contributed by atoms with Gasteiger partial charge in [0.1, 0.15) is 5.75 Å². The van der Waals surface area contributed by atoms with Gasteiger partial charge in [-0.2, -0.15) is 10.2 Å². The highest BCUT2D eigenvalue weighted by atomic mass is 16.5. The quantitative estimate of drug-likeness (QED) is 0.550. The molecule has 0 aliphatic carbocycles. The molecule has 3 aromatic rings. The second-order valence-electron chi connectivity index (χ2n) is 5.10. The van der Waals surface area contributed by atoms with Gasteiger partial charge in [-0.1, -0.05) is 24.3 Å². The summed E-state index contributed by atoms with van der Waals surface area (Å²) in [7, 11) is 4.74. The number of hydrogen-bond acceptors (Lipinski definition) is 7. The molecular weight excluding hydrogens is 320 g/mol. The van der Waals surface area contributed by atoms with Crippen molar-refractivity contribution in [3.8, 4) is 17.2 Å². The summed E-state index contributed by atoms with van der Waals surface area (Å²) < 4.78 is 16.0. The molecule has 2 aromatic carbocycles. The fourth-order valence-electron chi connectivity index (χ4n) is 2.43. The lowest BCUT2D eigenvalue weighted by atomic mass is 10.2. The summed E-state index contributed by atoms with van der Waals surface area (Å²) >= 11 is 0. The third-order valence-corrected chi connectivity index (χ3v) is 3.68. The molecule has 128 valence electrons. The molecule has 7 nitrogen and oxygen atoms in total. The third kappa shape index (κ3) is 3.45. The average molecular weight is 338 g/mol. The van der Waals surface area contributed by atoms with Gasteiger partial charge in [0.25, 0.3) is 0 Å². The number of anilines is 1. The van der Waals surface area contributed by atoms with Gasteiger partial charge in [-0.05, 0) is 6.07 Å². The molecular formula is C18H18N4O3.